The van der Waals surface area contributed by atoms with Crippen molar-refractivity contribution in [1.29, 1.82) is 0 Å². The Bertz CT molecular complexity index is 405. The van der Waals surface area contributed by atoms with Crippen LogP contribution >= 0.6 is 11.6 Å². The van der Waals surface area contributed by atoms with E-state index < -0.39 is 0 Å². The van der Waals surface area contributed by atoms with Gasteiger partial charge in [-0.3, -0.25) is 4.79 Å². The first-order valence-corrected chi connectivity index (χ1v) is 6.66. The monoisotopic (exact) mass is 268 g/mol. The zero-order valence-electron chi connectivity index (χ0n) is 11.2. The van der Waals surface area contributed by atoms with Gasteiger partial charge >= 0.3 is 0 Å². The normalized spacial score (nSPS) is 10.7. The number of anilines is 1. The molecule has 0 saturated heterocycles. The lowest BCUT2D eigenvalue weighted by molar-refractivity contribution is -0.116. The zero-order valence-corrected chi connectivity index (χ0v) is 12.0. The van der Waals surface area contributed by atoms with Crippen LogP contribution < -0.4 is 10.6 Å². The highest BCUT2D eigenvalue weighted by atomic mass is 35.5. The summed E-state index contributed by atoms with van der Waals surface area (Å²) in [6, 6.07) is 6.01. The molecule has 0 aromatic heterocycles. The van der Waals surface area contributed by atoms with Gasteiger partial charge in [0.05, 0.1) is 0 Å². The summed E-state index contributed by atoms with van der Waals surface area (Å²) in [7, 11) is 0. The van der Waals surface area contributed by atoms with Gasteiger partial charge in [0.15, 0.2) is 0 Å². The summed E-state index contributed by atoms with van der Waals surface area (Å²) in [5.41, 5.74) is 1.77. The molecule has 0 aliphatic carbocycles. The Labute approximate surface area is 114 Å². The minimum absolute atomic E-state index is 0.0282. The molecule has 0 bridgehead atoms. The van der Waals surface area contributed by atoms with Crippen molar-refractivity contribution < 1.29 is 4.79 Å². The smallest absolute Gasteiger partial charge is 0.224 e. The Morgan fingerprint density at radius 3 is 2.72 bits per heavy atom. The Morgan fingerprint density at radius 2 is 2.11 bits per heavy atom. The molecule has 2 N–H and O–H groups in total. The van der Waals surface area contributed by atoms with Gasteiger partial charge in [0.2, 0.25) is 5.91 Å². The van der Waals surface area contributed by atoms with Crippen LogP contribution in [0.3, 0.4) is 0 Å². The molecule has 3 nitrogen and oxygen atoms in total. The fourth-order valence-electron chi connectivity index (χ4n) is 1.53. The van der Waals surface area contributed by atoms with Crippen LogP contribution in [0.5, 0.6) is 0 Å². The molecule has 0 radical (unpaired) electrons. The number of aryl methyl sites for hydroxylation is 1. The summed E-state index contributed by atoms with van der Waals surface area (Å²) in [5.74, 6) is 0.0282. The lowest BCUT2D eigenvalue weighted by atomic mass is 10.2. The van der Waals surface area contributed by atoms with Gasteiger partial charge < -0.3 is 10.6 Å². The first-order valence-electron chi connectivity index (χ1n) is 6.28. The summed E-state index contributed by atoms with van der Waals surface area (Å²) in [5, 5.41) is 6.80. The van der Waals surface area contributed by atoms with Crippen LogP contribution in [0.25, 0.3) is 0 Å². The van der Waals surface area contributed by atoms with Crippen LogP contribution in [0.2, 0.25) is 5.02 Å². The van der Waals surface area contributed by atoms with E-state index in [9.17, 15) is 4.79 Å². The topological polar surface area (TPSA) is 41.1 Å². The molecule has 1 amide bonds. The van der Waals surface area contributed by atoms with Gasteiger partial charge in [-0.2, -0.15) is 0 Å². The van der Waals surface area contributed by atoms with E-state index >= 15 is 0 Å². The number of hydrogen-bond acceptors (Lipinski definition) is 2. The van der Waals surface area contributed by atoms with Crippen molar-refractivity contribution in [3.8, 4) is 0 Å². The van der Waals surface area contributed by atoms with Crippen LogP contribution in [-0.2, 0) is 4.79 Å². The first kappa shape index (κ1) is 15.0. The van der Waals surface area contributed by atoms with Crippen LogP contribution in [0.15, 0.2) is 18.2 Å². The van der Waals surface area contributed by atoms with E-state index in [0.29, 0.717) is 17.5 Å². The molecular formula is C14H21ClN2O. The highest BCUT2D eigenvalue weighted by Gasteiger charge is 2.04. The fourth-order valence-corrected chi connectivity index (χ4v) is 1.71. The molecule has 0 saturated carbocycles. The maximum atomic E-state index is 11.7. The number of hydrogen-bond donors (Lipinski definition) is 2. The molecule has 1 aromatic rings. The average Bonchev–Trinajstić information content (AvgIpc) is 2.29. The minimum Gasteiger partial charge on any atom is -0.326 e. The first-order chi connectivity index (χ1) is 8.49. The maximum absolute atomic E-state index is 11.7. The second kappa shape index (κ2) is 7.39. The Morgan fingerprint density at radius 1 is 1.39 bits per heavy atom. The number of amides is 1. The molecule has 0 fully saturated rings. The van der Waals surface area contributed by atoms with Crippen LogP contribution in [-0.4, -0.2) is 18.5 Å². The standard InChI is InChI=1S/C14H21ClN2O/c1-10(2)16-8-4-5-14(18)17-12-7-6-11(3)13(15)9-12/h6-7,9-10,16H,4-5,8H2,1-3H3,(H,17,18). The molecule has 1 rings (SSSR count). The van der Waals surface area contributed by atoms with Crippen molar-refractivity contribution in [3.63, 3.8) is 0 Å². The largest absolute Gasteiger partial charge is 0.326 e. The predicted molar refractivity (Wildman–Crippen MR) is 77.2 cm³/mol. The Balaban J connectivity index is 2.33. The second-order valence-corrected chi connectivity index (χ2v) is 5.13. The van der Waals surface area contributed by atoms with Crippen molar-refractivity contribution in [3.05, 3.63) is 28.8 Å². The molecule has 0 unspecified atom stereocenters. The van der Waals surface area contributed by atoms with Gasteiger partial charge in [0.25, 0.3) is 0 Å². The van der Waals surface area contributed by atoms with Crippen molar-refractivity contribution >= 4 is 23.2 Å². The zero-order chi connectivity index (χ0) is 13.5. The predicted octanol–water partition coefficient (Wildman–Crippen LogP) is 3.37. The molecule has 100 valence electrons. The van der Waals surface area contributed by atoms with E-state index in [1.165, 1.54) is 0 Å². The Kier molecular flexibility index (Phi) is 6.16. The van der Waals surface area contributed by atoms with Gasteiger partial charge in [-0.1, -0.05) is 31.5 Å². The van der Waals surface area contributed by atoms with E-state index in [-0.39, 0.29) is 5.91 Å². The van der Waals surface area contributed by atoms with Crippen LogP contribution in [0.1, 0.15) is 32.3 Å². The molecular weight excluding hydrogens is 248 g/mol. The summed E-state index contributed by atoms with van der Waals surface area (Å²) >= 11 is 6.00. The third-order valence-corrected chi connectivity index (χ3v) is 3.00. The van der Waals surface area contributed by atoms with E-state index in [0.717, 1.165) is 24.2 Å². The highest BCUT2D eigenvalue weighted by molar-refractivity contribution is 6.31. The quantitative estimate of drug-likeness (QED) is 0.777. The lowest BCUT2D eigenvalue weighted by Crippen LogP contribution is -2.24. The SMILES string of the molecule is Cc1ccc(NC(=O)CCCNC(C)C)cc1Cl. The number of nitrogens with one attached hydrogen (secondary N) is 2. The van der Waals surface area contributed by atoms with Gasteiger partial charge in [-0.05, 0) is 37.6 Å². The maximum Gasteiger partial charge on any atom is 0.224 e. The van der Waals surface area contributed by atoms with Crippen molar-refractivity contribution in [2.75, 3.05) is 11.9 Å². The van der Waals surface area contributed by atoms with Gasteiger partial charge in [0.1, 0.15) is 0 Å². The Hall–Kier alpha value is -1.06. The fraction of sp³-hybridized carbons (Fsp3) is 0.500. The van der Waals surface area contributed by atoms with E-state index in [2.05, 4.69) is 24.5 Å². The van der Waals surface area contributed by atoms with Gasteiger partial charge in [-0.25, -0.2) is 0 Å². The highest BCUT2D eigenvalue weighted by Crippen LogP contribution is 2.20. The van der Waals surface area contributed by atoms with E-state index in [1.807, 2.05) is 19.1 Å². The molecule has 4 heteroatoms. The molecule has 1 aromatic carbocycles. The second-order valence-electron chi connectivity index (χ2n) is 4.72. The molecule has 0 aliphatic heterocycles. The third-order valence-electron chi connectivity index (χ3n) is 2.59. The number of carbonyl (C=O) groups is 1. The van der Waals surface area contributed by atoms with Crippen molar-refractivity contribution in [2.45, 2.75) is 39.7 Å². The summed E-state index contributed by atoms with van der Waals surface area (Å²) in [6.07, 6.45) is 1.36. The van der Waals surface area contributed by atoms with Crippen molar-refractivity contribution in [1.82, 2.24) is 5.32 Å². The summed E-state index contributed by atoms with van der Waals surface area (Å²) < 4.78 is 0. The summed E-state index contributed by atoms with van der Waals surface area (Å²) in [4.78, 5) is 11.7. The number of rotatable bonds is 6. The lowest BCUT2D eigenvalue weighted by Gasteiger charge is -2.09. The van der Waals surface area contributed by atoms with Gasteiger partial charge in [-0.15, -0.1) is 0 Å². The number of halogens is 1. The molecule has 0 heterocycles. The molecule has 0 spiro atoms. The molecule has 0 aliphatic rings. The third kappa shape index (κ3) is 5.52. The average molecular weight is 269 g/mol. The molecule has 0 atom stereocenters. The minimum atomic E-state index is 0.0282. The van der Waals surface area contributed by atoms with Crippen molar-refractivity contribution in [2.24, 2.45) is 0 Å². The van der Waals surface area contributed by atoms with E-state index in [4.69, 9.17) is 11.6 Å². The van der Waals surface area contributed by atoms with Crippen LogP contribution in [0.4, 0.5) is 5.69 Å². The summed E-state index contributed by atoms with van der Waals surface area (Å²) in [6.45, 7) is 6.98. The number of carbonyl (C=O) groups excluding carboxylic acids is 1. The van der Waals surface area contributed by atoms with Crippen LogP contribution in [0, 0.1) is 6.92 Å². The molecule has 18 heavy (non-hydrogen) atoms. The van der Waals surface area contributed by atoms with Gasteiger partial charge in [0, 0.05) is 23.2 Å². The van der Waals surface area contributed by atoms with E-state index in [1.54, 1.807) is 6.07 Å². The number of benzene rings is 1.